The Balaban J connectivity index is 1.34. The van der Waals surface area contributed by atoms with Crippen LogP contribution in [0.1, 0.15) is 0 Å². The van der Waals surface area contributed by atoms with Gasteiger partial charge in [-0.2, -0.15) is 0 Å². The molecule has 8 aromatic rings. The molecule has 0 aliphatic rings. The van der Waals surface area contributed by atoms with Crippen LogP contribution in [-0.4, -0.2) is 15.0 Å². The van der Waals surface area contributed by atoms with Gasteiger partial charge < -0.3 is 0 Å². The first kappa shape index (κ1) is 22.6. The van der Waals surface area contributed by atoms with Gasteiger partial charge in [0.15, 0.2) is 5.82 Å². The van der Waals surface area contributed by atoms with Gasteiger partial charge in [0.1, 0.15) is 0 Å². The van der Waals surface area contributed by atoms with E-state index in [0.29, 0.717) is 5.82 Å². The quantitative estimate of drug-likeness (QED) is 0.222. The summed E-state index contributed by atoms with van der Waals surface area (Å²) in [6.45, 7) is 0. The van der Waals surface area contributed by atoms with Crippen LogP contribution in [0, 0.1) is 0 Å². The van der Waals surface area contributed by atoms with Crippen LogP contribution in [0.25, 0.3) is 77.5 Å². The van der Waals surface area contributed by atoms with Crippen LogP contribution in [0.15, 0.2) is 140 Å². The Morgan fingerprint density at radius 3 is 1.82 bits per heavy atom. The molecule has 0 radical (unpaired) electrons. The Kier molecular flexibility index (Phi) is 5.14. The topological polar surface area (TPSA) is 38.7 Å². The molecular formula is C37H23N3. The number of pyridine rings is 1. The third kappa shape index (κ3) is 3.71. The van der Waals surface area contributed by atoms with Crippen molar-refractivity contribution in [1.29, 1.82) is 0 Å². The number of rotatable bonds is 4. The zero-order chi connectivity index (χ0) is 26.5. The van der Waals surface area contributed by atoms with E-state index in [1.807, 2.05) is 30.5 Å². The Hall–Kier alpha value is -5.41. The van der Waals surface area contributed by atoms with Crippen LogP contribution < -0.4 is 0 Å². The fraction of sp³-hybridized carbons (Fsp3) is 0. The summed E-state index contributed by atoms with van der Waals surface area (Å²) in [5, 5.41) is 7.56. The number of hydrogen-bond acceptors (Lipinski definition) is 3. The molecule has 0 spiro atoms. The summed E-state index contributed by atoms with van der Waals surface area (Å²) in [5.41, 5.74) is 6.97. The van der Waals surface area contributed by atoms with Crippen molar-refractivity contribution in [3.63, 3.8) is 0 Å². The van der Waals surface area contributed by atoms with Gasteiger partial charge in [-0.15, -0.1) is 0 Å². The van der Waals surface area contributed by atoms with Crippen LogP contribution >= 0.6 is 0 Å². The second-order valence-corrected chi connectivity index (χ2v) is 10.1. The molecule has 40 heavy (non-hydrogen) atoms. The van der Waals surface area contributed by atoms with E-state index in [4.69, 9.17) is 9.97 Å². The molecule has 0 N–H and O–H groups in total. The molecule has 0 aliphatic carbocycles. The molecule has 0 atom stereocenters. The van der Waals surface area contributed by atoms with E-state index >= 15 is 0 Å². The van der Waals surface area contributed by atoms with Crippen molar-refractivity contribution in [1.82, 2.24) is 15.0 Å². The van der Waals surface area contributed by atoms with E-state index in [9.17, 15) is 0 Å². The van der Waals surface area contributed by atoms with Crippen molar-refractivity contribution in [3.8, 4) is 45.2 Å². The average Bonchev–Trinajstić information content (AvgIpc) is 3.04. The largest absolute Gasteiger partial charge is 0.256 e. The summed E-state index contributed by atoms with van der Waals surface area (Å²) in [5.74, 6) is 0.703. The van der Waals surface area contributed by atoms with Gasteiger partial charge in [0.2, 0.25) is 0 Å². The maximum Gasteiger partial charge on any atom is 0.160 e. The number of aromatic nitrogens is 3. The van der Waals surface area contributed by atoms with Crippen molar-refractivity contribution >= 4 is 32.3 Å². The molecule has 2 aromatic heterocycles. The normalized spacial score (nSPS) is 11.5. The highest BCUT2D eigenvalue weighted by atomic mass is 14.9. The number of hydrogen-bond donors (Lipinski definition) is 0. The zero-order valence-corrected chi connectivity index (χ0v) is 21.6. The van der Waals surface area contributed by atoms with Gasteiger partial charge in [0.05, 0.1) is 17.1 Å². The molecule has 6 aromatic carbocycles. The van der Waals surface area contributed by atoms with E-state index in [0.717, 1.165) is 39.3 Å². The highest BCUT2D eigenvalue weighted by Crippen LogP contribution is 2.39. The molecular weight excluding hydrogens is 486 g/mol. The zero-order valence-electron chi connectivity index (χ0n) is 21.6. The number of nitrogens with zero attached hydrogens (tertiary/aromatic N) is 3. The second kappa shape index (κ2) is 9.11. The second-order valence-electron chi connectivity index (χ2n) is 10.1. The highest BCUT2D eigenvalue weighted by Gasteiger charge is 2.16. The van der Waals surface area contributed by atoms with E-state index < -0.39 is 0 Å². The van der Waals surface area contributed by atoms with Gasteiger partial charge in [-0.1, -0.05) is 115 Å². The van der Waals surface area contributed by atoms with Crippen molar-refractivity contribution in [3.05, 3.63) is 140 Å². The molecule has 0 saturated heterocycles. The Labute approximate surface area is 231 Å². The molecule has 0 unspecified atom stereocenters. The molecule has 0 amide bonds. The van der Waals surface area contributed by atoms with Crippen molar-refractivity contribution in [2.75, 3.05) is 0 Å². The van der Waals surface area contributed by atoms with Gasteiger partial charge in [0.25, 0.3) is 0 Å². The standard InChI is InChI=1S/C37H23N3/c1-2-7-24(8-3-1)33-23-34(40-37(39-33)29-16-12-25(13-17-29)32-11-4-5-22-38-32)30-20-18-28-15-14-26-9-6-10-27-19-21-31(30)36(28)35(26)27/h1-23H. The van der Waals surface area contributed by atoms with Crippen LogP contribution in [0.5, 0.6) is 0 Å². The fourth-order valence-electron chi connectivity index (χ4n) is 5.75. The smallest absolute Gasteiger partial charge is 0.160 e. The predicted molar refractivity (Wildman–Crippen MR) is 165 cm³/mol. The van der Waals surface area contributed by atoms with Gasteiger partial charge >= 0.3 is 0 Å². The fourth-order valence-corrected chi connectivity index (χ4v) is 5.75. The van der Waals surface area contributed by atoms with Gasteiger partial charge in [-0.25, -0.2) is 9.97 Å². The van der Waals surface area contributed by atoms with Crippen LogP contribution in [-0.2, 0) is 0 Å². The maximum atomic E-state index is 5.16. The summed E-state index contributed by atoms with van der Waals surface area (Å²) in [7, 11) is 0. The van der Waals surface area contributed by atoms with Gasteiger partial charge in [-0.05, 0) is 50.5 Å². The summed E-state index contributed by atoms with van der Waals surface area (Å²) >= 11 is 0. The van der Waals surface area contributed by atoms with Crippen molar-refractivity contribution in [2.45, 2.75) is 0 Å². The van der Waals surface area contributed by atoms with Crippen molar-refractivity contribution < 1.29 is 0 Å². The minimum absolute atomic E-state index is 0.703. The molecule has 8 rings (SSSR count). The molecule has 3 nitrogen and oxygen atoms in total. The minimum atomic E-state index is 0.703. The summed E-state index contributed by atoms with van der Waals surface area (Å²) < 4.78 is 0. The highest BCUT2D eigenvalue weighted by molar-refractivity contribution is 6.25. The lowest BCUT2D eigenvalue weighted by Gasteiger charge is -2.15. The molecule has 0 saturated carbocycles. The summed E-state index contributed by atoms with van der Waals surface area (Å²) in [6, 6.07) is 46.6. The number of benzene rings is 6. The third-order valence-corrected chi connectivity index (χ3v) is 7.70. The summed E-state index contributed by atoms with van der Waals surface area (Å²) in [6.07, 6.45) is 1.82. The van der Waals surface area contributed by atoms with Crippen molar-refractivity contribution in [2.24, 2.45) is 0 Å². The van der Waals surface area contributed by atoms with Crippen LogP contribution in [0.4, 0.5) is 0 Å². The maximum absolute atomic E-state index is 5.16. The first-order valence-electron chi connectivity index (χ1n) is 13.5. The average molecular weight is 510 g/mol. The molecule has 3 heteroatoms. The van der Waals surface area contributed by atoms with E-state index in [1.165, 1.54) is 32.3 Å². The van der Waals surface area contributed by atoms with Gasteiger partial charge in [0, 0.05) is 28.5 Å². The Bertz CT molecular complexity index is 2120. The monoisotopic (exact) mass is 509 g/mol. The predicted octanol–water partition coefficient (Wildman–Crippen LogP) is 9.44. The first-order valence-corrected chi connectivity index (χ1v) is 13.5. The lowest BCUT2D eigenvalue weighted by molar-refractivity contribution is 1.18. The molecule has 0 fully saturated rings. The Morgan fingerprint density at radius 2 is 1.05 bits per heavy atom. The SMILES string of the molecule is c1ccc(-c2cc(-c3ccc4ccc5cccc6ccc3c4c56)nc(-c3ccc(-c4ccccn4)cc3)n2)cc1. The van der Waals surface area contributed by atoms with E-state index in [1.54, 1.807) is 0 Å². The lowest BCUT2D eigenvalue weighted by atomic mass is 9.91. The molecule has 186 valence electrons. The Morgan fingerprint density at radius 1 is 0.400 bits per heavy atom. The summed E-state index contributed by atoms with van der Waals surface area (Å²) in [4.78, 5) is 14.7. The van der Waals surface area contributed by atoms with Crippen LogP contribution in [0.2, 0.25) is 0 Å². The molecule has 2 heterocycles. The molecule has 0 aliphatic heterocycles. The van der Waals surface area contributed by atoms with E-state index in [2.05, 4.69) is 114 Å². The first-order chi connectivity index (χ1) is 19.8. The third-order valence-electron chi connectivity index (χ3n) is 7.70. The molecule has 0 bridgehead atoms. The van der Waals surface area contributed by atoms with Crippen LogP contribution in [0.3, 0.4) is 0 Å². The van der Waals surface area contributed by atoms with E-state index in [-0.39, 0.29) is 0 Å². The minimum Gasteiger partial charge on any atom is -0.256 e. The lowest BCUT2D eigenvalue weighted by Crippen LogP contribution is -1.97. The van der Waals surface area contributed by atoms with Gasteiger partial charge in [-0.3, -0.25) is 4.98 Å².